The van der Waals surface area contributed by atoms with Crippen LogP contribution < -0.4 is 9.04 Å². The summed E-state index contributed by atoms with van der Waals surface area (Å²) in [6.07, 6.45) is 2.00. The Morgan fingerprint density at radius 1 is 1.31 bits per heavy atom. The van der Waals surface area contributed by atoms with Crippen LogP contribution in [0.1, 0.15) is 12.5 Å². The van der Waals surface area contributed by atoms with Crippen molar-refractivity contribution in [2.24, 2.45) is 4.99 Å². The Bertz CT molecular complexity index is 454. The fourth-order valence-electron chi connectivity index (χ4n) is 1.48. The van der Waals surface area contributed by atoms with Crippen LogP contribution in [0.5, 0.6) is 5.75 Å². The molecule has 1 heterocycles. The van der Waals surface area contributed by atoms with Crippen molar-refractivity contribution in [1.82, 2.24) is 0 Å². The number of hydrogen-bond acceptors (Lipinski definition) is 4. The van der Waals surface area contributed by atoms with E-state index >= 15 is 0 Å². The molecule has 0 bridgehead atoms. The second-order valence-corrected chi connectivity index (χ2v) is 4.43. The smallest absolute Gasteiger partial charge is 0.143 e. The van der Waals surface area contributed by atoms with Crippen LogP contribution in [0.3, 0.4) is 0 Å². The average Bonchev–Trinajstić information content (AvgIpc) is 2.28. The van der Waals surface area contributed by atoms with E-state index in [0.29, 0.717) is 0 Å². The third-order valence-electron chi connectivity index (χ3n) is 2.29. The third kappa shape index (κ3) is 2.22. The fraction of sp³-hybridized carbons (Fsp3) is 0.250. The molecule has 16 heavy (non-hydrogen) atoms. The highest BCUT2D eigenvalue weighted by Crippen LogP contribution is 2.34. The van der Waals surface area contributed by atoms with Gasteiger partial charge in [-0.05, 0) is 31.5 Å². The number of rotatable bonds is 2. The van der Waals surface area contributed by atoms with Gasteiger partial charge < -0.3 is 4.74 Å². The minimum absolute atomic E-state index is 0.881. The highest BCUT2D eigenvalue weighted by Gasteiger charge is 2.12. The van der Waals surface area contributed by atoms with E-state index in [-0.39, 0.29) is 0 Å². The van der Waals surface area contributed by atoms with Gasteiger partial charge in [-0.1, -0.05) is 6.07 Å². The lowest BCUT2D eigenvalue weighted by Gasteiger charge is -2.22. The number of hydrogen-bond donors (Lipinski definition) is 0. The molecule has 0 saturated carbocycles. The first kappa shape index (κ1) is 11.1. The molecule has 84 valence electrons. The molecule has 0 unspecified atom stereocenters. The SMILES string of the molecule is COc1cc(C)ccc1N1C=C(C)N=CS1. The van der Waals surface area contributed by atoms with Crippen LogP contribution in [-0.4, -0.2) is 12.7 Å². The number of ether oxygens (including phenoxy) is 1. The van der Waals surface area contributed by atoms with Crippen molar-refractivity contribution in [2.75, 3.05) is 11.4 Å². The fourth-order valence-corrected chi connectivity index (χ4v) is 2.28. The van der Waals surface area contributed by atoms with Gasteiger partial charge in [0.1, 0.15) is 5.75 Å². The van der Waals surface area contributed by atoms with Gasteiger partial charge in [-0.3, -0.25) is 9.30 Å². The highest BCUT2D eigenvalue weighted by atomic mass is 32.2. The van der Waals surface area contributed by atoms with E-state index in [2.05, 4.69) is 28.4 Å². The molecule has 1 aliphatic heterocycles. The van der Waals surface area contributed by atoms with Crippen LogP contribution in [0.4, 0.5) is 5.69 Å². The van der Waals surface area contributed by atoms with Crippen LogP contribution in [0.25, 0.3) is 0 Å². The summed E-state index contributed by atoms with van der Waals surface area (Å²) in [5.74, 6) is 0.881. The molecule has 1 aliphatic rings. The summed E-state index contributed by atoms with van der Waals surface area (Å²) in [6, 6.07) is 6.17. The molecule has 2 rings (SSSR count). The molecule has 0 aromatic heterocycles. The van der Waals surface area contributed by atoms with Crippen LogP contribution in [0.15, 0.2) is 35.1 Å². The second-order valence-electron chi connectivity index (χ2n) is 3.61. The number of aryl methyl sites for hydroxylation is 1. The molecule has 0 radical (unpaired) electrons. The molecule has 0 N–H and O–H groups in total. The average molecular weight is 234 g/mol. The Labute approximate surface area is 100.0 Å². The number of anilines is 1. The van der Waals surface area contributed by atoms with E-state index in [1.54, 1.807) is 19.1 Å². The van der Waals surface area contributed by atoms with Crippen molar-refractivity contribution in [1.29, 1.82) is 0 Å². The minimum Gasteiger partial charge on any atom is -0.495 e. The van der Waals surface area contributed by atoms with Gasteiger partial charge in [-0.25, -0.2) is 0 Å². The maximum atomic E-state index is 5.39. The molecule has 1 aromatic rings. The lowest BCUT2D eigenvalue weighted by Crippen LogP contribution is -2.10. The first-order valence-corrected chi connectivity index (χ1v) is 5.86. The monoisotopic (exact) mass is 234 g/mol. The van der Waals surface area contributed by atoms with E-state index < -0.39 is 0 Å². The van der Waals surface area contributed by atoms with Crippen molar-refractivity contribution >= 4 is 23.2 Å². The molecule has 0 amide bonds. The molecule has 0 saturated heterocycles. The highest BCUT2D eigenvalue weighted by molar-refractivity contribution is 8.13. The first-order valence-electron chi connectivity index (χ1n) is 5.02. The summed E-state index contributed by atoms with van der Waals surface area (Å²) in [5, 5.41) is 0. The van der Waals surface area contributed by atoms with Crippen molar-refractivity contribution in [2.45, 2.75) is 13.8 Å². The maximum Gasteiger partial charge on any atom is 0.143 e. The molecular formula is C12H14N2OS. The van der Waals surface area contributed by atoms with Gasteiger partial charge in [0.2, 0.25) is 0 Å². The van der Waals surface area contributed by atoms with Gasteiger partial charge >= 0.3 is 0 Å². The summed E-state index contributed by atoms with van der Waals surface area (Å²) in [7, 11) is 1.69. The predicted molar refractivity (Wildman–Crippen MR) is 70.1 cm³/mol. The molecule has 0 spiro atoms. The van der Waals surface area contributed by atoms with Gasteiger partial charge in [0.25, 0.3) is 0 Å². The Kier molecular flexibility index (Phi) is 3.19. The van der Waals surface area contributed by atoms with Crippen molar-refractivity contribution in [3.05, 3.63) is 35.7 Å². The van der Waals surface area contributed by atoms with Gasteiger partial charge in [0.05, 0.1) is 24.0 Å². The normalized spacial score (nSPS) is 14.9. The second kappa shape index (κ2) is 4.61. The summed E-state index contributed by atoms with van der Waals surface area (Å²) in [5.41, 5.74) is 5.05. The summed E-state index contributed by atoms with van der Waals surface area (Å²) >= 11 is 1.54. The lowest BCUT2D eigenvalue weighted by molar-refractivity contribution is 0.416. The van der Waals surface area contributed by atoms with Crippen LogP contribution >= 0.6 is 11.9 Å². The molecule has 0 aliphatic carbocycles. The van der Waals surface area contributed by atoms with E-state index in [4.69, 9.17) is 4.74 Å². The number of methoxy groups -OCH3 is 1. The van der Waals surface area contributed by atoms with E-state index in [1.165, 1.54) is 5.56 Å². The quantitative estimate of drug-likeness (QED) is 0.733. The minimum atomic E-state index is 0.881. The largest absolute Gasteiger partial charge is 0.495 e. The van der Waals surface area contributed by atoms with Crippen LogP contribution in [0.2, 0.25) is 0 Å². The van der Waals surface area contributed by atoms with Crippen molar-refractivity contribution in [3.8, 4) is 5.75 Å². The summed E-state index contributed by atoms with van der Waals surface area (Å²) in [4.78, 5) is 4.20. The summed E-state index contributed by atoms with van der Waals surface area (Å²) in [6.45, 7) is 4.03. The predicted octanol–water partition coefficient (Wildman–Crippen LogP) is 3.36. The van der Waals surface area contributed by atoms with E-state index in [0.717, 1.165) is 17.1 Å². The topological polar surface area (TPSA) is 24.8 Å². The number of nitrogens with zero attached hydrogens (tertiary/aromatic N) is 2. The Morgan fingerprint density at radius 2 is 2.12 bits per heavy atom. The molecule has 0 atom stereocenters. The maximum absolute atomic E-state index is 5.39. The Hall–Kier alpha value is -1.42. The van der Waals surface area contributed by atoms with Crippen LogP contribution in [-0.2, 0) is 0 Å². The van der Waals surface area contributed by atoms with Crippen molar-refractivity contribution < 1.29 is 4.74 Å². The van der Waals surface area contributed by atoms with Gasteiger partial charge in [0, 0.05) is 18.1 Å². The van der Waals surface area contributed by atoms with E-state index in [9.17, 15) is 0 Å². The molecule has 1 aromatic carbocycles. The Morgan fingerprint density at radius 3 is 2.81 bits per heavy atom. The number of benzene rings is 1. The Balaban J connectivity index is 2.37. The number of aliphatic imine (C=N–C) groups is 1. The molecule has 4 heteroatoms. The standard InChI is InChI=1S/C12H14N2OS/c1-9-4-5-11(12(6-9)15-3)14-7-10(2)13-8-16-14/h4-8H,1-3H3. The van der Waals surface area contributed by atoms with Crippen molar-refractivity contribution in [3.63, 3.8) is 0 Å². The third-order valence-corrected chi connectivity index (χ3v) is 3.02. The zero-order valence-corrected chi connectivity index (χ0v) is 10.4. The zero-order valence-electron chi connectivity index (χ0n) is 9.60. The lowest BCUT2D eigenvalue weighted by atomic mass is 10.2. The van der Waals surface area contributed by atoms with E-state index in [1.807, 2.05) is 24.7 Å². The molecule has 3 nitrogen and oxygen atoms in total. The summed E-state index contributed by atoms with van der Waals surface area (Å²) < 4.78 is 7.44. The van der Waals surface area contributed by atoms with Gasteiger partial charge in [-0.15, -0.1) is 0 Å². The zero-order chi connectivity index (χ0) is 11.5. The van der Waals surface area contributed by atoms with Gasteiger partial charge in [-0.2, -0.15) is 0 Å². The van der Waals surface area contributed by atoms with Gasteiger partial charge in [0.15, 0.2) is 0 Å². The first-order chi connectivity index (χ1) is 7.70. The van der Waals surface area contributed by atoms with Crippen LogP contribution in [0, 0.1) is 6.92 Å². The molecule has 0 fully saturated rings. The molecular weight excluding hydrogens is 220 g/mol. The number of allylic oxidation sites excluding steroid dienone is 1.